The van der Waals surface area contributed by atoms with Gasteiger partial charge in [0, 0.05) is 25.4 Å². The van der Waals surface area contributed by atoms with Gasteiger partial charge >= 0.3 is 12.0 Å². The maximum atomic E-state index is 11.6. The highest BCUT2D eigenvalue weighted by atomic mass is 32.2. The maximum absolute atomic E-state index is 11.6. The first-order chi connectivity index (χ1) is 8.35. The second-order valence-corrected chi connectivity index (χ2v) is 6.71. The number of sulfone groups is 1. The van der Waals surface area contributed by atoms with Crippen LogP contribution < -0.4 is 5.32 Å². The molecule has 2 amide bonds. The van der Waals surface area contributed by atoms with Crippen LogP contribution in [-0.2, 0) is 14.6 Å². The van der Waals surface area contributed by atoms with E-state index in [1.165, 1.54) is 4.90 Å². The van der Waals surface area contributed by atoms with Gasteiger partial charge in [-0.05, 0) is 6.42 Å². The number of carboxylic acid groups (broad SMARTS) is 1. The Balaban J connectivity index is 2.33. The van der Waals surface area contributed by atoms with Crippen LogP contribution in [0.25, 0.3) is 0 Å². The number of hydrogen-bond donors (Lipinski definition) is 2. The summed E-state index contributed by atoms with van der Waals surface area (Å²) in [6.45, 7) is 2.18. The molecule has 0 aromatic rings. The molecule has 0 spiro atoms. The predicted octanol–water partition coefficient (Wildman–Crippen LogP) is -0.463. The molecule has 0 bridgehead atoms. The molecular formula is C10H18N2O5S. The van der Waals surface area contributed by atoms with Gasteiger partial charge in [-0.1, -0.05) is 6.92 Å². The van der Waals surface area contributed by atoms with E-state index in [0.717, 1.165) is 0 Å². The summed E-state index contributed by atoms with van der Waals surface area (Å²) in [4.78, 5) is 23.7. The third-order valence-corrected chi connectivity index (χ3v) is 4.66. The summed E-state index contributed by atoms with van der Waals surface area (Å²) >= 11 is 0. The van der Waals surface area contributed by atoms with Crippen LogP contribution in [0.5, 0.6) is 0 Å². The summed E-state index contributed by atoms with van der Waals surface area (Å²) < 4.78 is 22.4. The number of hydrogen-bond acceptors (Lipinski definition) is 4. The van der Waals surface area contributed by atoms with Gasteiger partial charge in [0.2, 0.25) is 0 Å². The van der Waals surface area contributed by atoms with E-state index >= 15 is 0 Å². The molecule has 7 nitrogen and oxygen atoms in total. The normalized spacial score (nSPS) is 19.8. The molecule has 0 radical (unpaired) electrons. The average Bonchev–Trinajstić information content (AvgIpc) is 2.78. The van der Waals surface area contributed by atoms with Crippen molar-refractivity contribution in [2.75, 3.05) is 31.1 Å². The van der Waals surface area contributed by atoms with Gasteiger partial charge in [-0.3, -0.25) is 4.79 Å². The quantitative estimate of drug-likeness (QED) is 0.708. The fourth-order valence-electron chi connectivity index (χ4n) is 1.72. The second-order valence-electron chi connectivity index (χ2n) is 4.24. The molecule has 1 atom stereocenters. The van der Waals surface area contributed by atoms with E-state index < -0.39 is 27.8 Å². The van der Waals surface area contributed by atoms with E-state index in [1.807, 2.05) is 0 Å². The molecule has 1 aliphatic heterocycles. The Morgan fingerprint density at radius 3 is 2.61 bits per heavy atom. The third kappa shape index (κ3) is 4.17. The number of urea groups is 1. The molecule has 1 unspecified atom stereocenters. The Morgan fingerprint density at radius 1 is 1.44 bits per heavy atom. The summed E-state index contributed by atoms with van der Waals surface area (Å²) in [7, 11) is -3.09. The zero-order valence-electron chi connectivity index (χ0n) is 10.3. The Morgan fingerprint density at radius 2 is 2.11 bits per heavy atom. The number of likely N-dealkylation sites (tertiary alicyclic amines) is 1. The number of rotatable bonds is 5. The van der Waals surface area contributed by atoms with Crippen molar-refractivity contribution >= 4 is 21.8 Å². The van der Waals surface area contributed by atoms with Crippen molar-refractivity contribution in [1.82, 2.24) is 10.2 Å². The number of carbonyl (C=O) groups is 2. The molecule has 2 N–H and O–H groups in total. The fourth-order valence-corrected chi connectivity index (χ4v) is 2.42. The first kappa shape index (κ1) is 14.7. The molecule has 0 aromatic carbocycles. The predicted molar refractivity (Wildman–Crippen MR) is 65.0 cm³/mol. The molecule has 1 aliphatic rings. The number of carboxylic acids is 1. The van der Waals surface area contributed by atoms with E-state index in [-0.39, 0.29) is 24.6 Å². The zero-order valence-corrected chi connectivity index (χ0v) is 11.1. The second kappa shape index (κ2) is 6.03. The molecule has 1 heterocycles. The van der Waals surface area contributed by atoms with Crippen LogP contribution in [0.2, 0.25) is 0 Å². The molecule has 0 aliphatic carbocycles. The molecular weight excluding hydrogens is 260 g/mol. The van der Waals surface area contributed by atoms with Gasteiger partial charge in [0.1, 0.15) is 0 Å². The van der Waals surface area contributed by atoms with Crippen molar-refractivity contribution < 1.29 is 23.1 Å². The Labute approximate surface area is 106 Å². The van der Waals surface area contributed by atoms with Gasteiger partial charge in [-0.15, -0.1) is 0 Å². The lowest BCUT2D eigenvalue weighted by atomic mass is 10.1. The highest BCUT2D eigenvalue weighted by Gasteiger charge is 2.30. The van der Waals surface area contributed by atoms with Gasteiger partial charge in [-0.2, -0.15) is 0 Å². The van der Waals surface area contributed by atoms with Crippen LogP contribution in [0.15, 0.2) is 0 Å². The number of carbonyl (C=O) groups excluding carboxylic acids is 1. The Bertz CT molecular complexity index is 420. The lowest BCUT2D eigenvalue weighted by Gasteiger charge is -2.16. The number of nitrogens with zero attached hydrogens (tertiary/aromatic N) is 1. The van der Waals surface area contributed by atoms with Crippen molar-refractivity contribution in [3.8, 4) is 0 Å². The van der Waals surface area contributed by atoms with Crippen LogP contribution in [0.4, 0.5) is 4.79 Å². The fraction of sp³-hybridized carbons (Fsp3) is 0.800. The molecule has 1 saturated heterocycles. The van der Waals surface area contributed by atoms with Crippen molar-refractivity contribution in [3.05, 3.63) is 0 Å². The monoisotopic (exact) mass is 278 g/mol. The zero-order chi connectivity index (χ0) is 13.8. The molecule has 18 heavy (non-hydrogen) atoms. The minimum Gasteiger partial charge on any atom is -0.481 e. The van der Waals surface area contributed by atoms with Crippen molar-refractivity contribution in [2.24, 2.45) is 5.92 Å². The summed E-state index contributed by atoms with van der Waals surface area (Å²) in [5.74, 6) is -1.46. The number of amides is 2. The maximum Gasteiger partial charge on any atom is 0.317 e. The summed E-state index contributed by atoms with van der Waals surface area (Å²) in [6, 6.07) is -0.398. The van der Waals surface area contributed by atoms with Gasteiger partial charge in [0.05, 0.1) is 11.7 Å². The lowest BCUT2D eigenvalue weighted by molar-refractivity contribution is -0.141. The number of nitrogens with one attached hydrogen (secondary N) is 1. The molecule has 104 valence electrons. The molecule has 1 fully saturated rings. The lowest BCUT2D eigenvalue weighted by Crippen LogP contribution is -2.40. The topological polar surface area (TPSA) is 104 Å². The van der Waals surface area contributed by atoms with Crippen LogP contribution in [0.3, 0.4) is 0 Å². The van der Waals surface area contributed by atoms with Gasteiger partial charge in [0.25, 0.3) is 0 Å². The molecule has 8 heteroatoms. The number of aliphatic carboxylic acids is 1. The highest BCUT2D eigenvalue weighted by Crippen LogP contribution is 2.15. The SMILES string of the molecule is CCS(=O)(=O)CCNC(=O)N1CCC(C(=O)O)C1. The standard InChI is InChI=1S/C10H18N2O5S/c1-2-18(16,17)6-4-11-10(15)12-5-3-8(7-12)9(13)14/h8H,2-7H2,1H3,(H,11,15)(H,13,14). The van der Waals surface area contributed by atoms with E-state index in [2.05, 4.69) is 5.32 Å². The minimum atomic E-state index is -3.09. The molecule has 1 rings (SSSR count). The van der Waals surface area contributed by atoms with E-state index in [1.54, 1.807) is 6.92 Å². The molecule has 0 aromatic heterocycles. The smallest absolute Gasteiger partial charge is 0.317 e. The van der Waals surface area contributed by atoms with E-state index in [0.29, 0.717) is 13.0 Å². The summed E-state index contributed by atoms with van der Waals surface area (Å²) in [6.07, 6.45) is 0.440. The Hall–Kier alpha value is -1.31. The van der Waals surface area contributed by atoms with Crippen LogP contribution in [0, 0.1) is 5.92 Å². The summed E-state index contributed by atoms with van der Waals surface area (Å²) in [5.41, 5.74) is 0. The first-order valence-electron chi connectivity index (χ1n) is 5.81. The largest absolute Gasteiger partial charge is 0.481 e. The highest BCUT2D eigenvalue weighted by molar-refractivity contribution is 7.91. The van der Waals surface area contributed by atoms with Crippen LogP contribution >= 0.6 is 0 Å². The third-order valence-electron chi connectivity index (χ3n) is 2.95. The average molecular weight is 278 g/mol. The summed E-state index contributed by atoms with van der Waals surface area (Å²) in [5, 5.41) is 11.3. The Kier molecular flexibility index (Phi) is 4.94. The minimum absolute atomic E-state index is 0.0493. The van der Waals surface area contributed by atoms with Crippen LogP contribution in [-0.4, -0.2) is 61.6 Å². The van der Waals surface area contributed by atoms with Crippen molar-refractivity contribution in [1.29, 1.82) is 0 Å². The van der Waals surface area contributed by atoms with Gasteiger partial charge in [0.15, 0.2) is 9.84 Å². The van der Waals surface area contributed by atoms with E-state index in [9.17, 15) is 18.0 Å². The van der Waals surface area contributed by atoms with Gasteiger partial charge in [-0.25, -0.2) is 13.2 Å². The first-order valence-corrected chi connectivity index (χ1v) is 7.64. The van der Waals surface area contributed by atoms with Crippen molar-refractivity contribution in [3.63, 3.8) is 0 Å². The van der Waals surface area contributed by atoms with Gasteiger partial charge < -0.3 is 15.3 Å². The van der Waals surface area contributed by atoms with E-state index in [4.69, 9.17) is 5.11 Å². The van der Waals surface area contributed by atoms with Crippen molar-refractivity contribution in [2.45, 2.75) is 13.3 Å². The molecule has 0 saturated carbocycles. The van der Waals surface area contributed by atoms with Crippen LogP contribution in [0.1, 0.15) is 13.3 Å².